The molecule has 0 saturated heterocycles. The number of allylic oxidation sites excluding steroid dienone is 1. The van der Waals surface area contributed by atoms with Gasteiger partial charge in [-0.2, -0.15) is 0 Å². The van der Waals surface area contributed by atoms with Crippen molar-refractivity contribution in [1.29, 1.82) is 0 Å². The molecule has 0 aromatic heterocycles. The number of para-hydroxylation sites is 2. The van der Waals surface area contributed by atoms with Gasteiger partial charge < -0.3 is 29.6 Å². The standard InChI is InChI=1S/C35H34N2O5/c1-39-30-15-13-23(19-32(30)40-2)25-17-28-34(29(38)18-25)35(37-27-12-8-7-11-26(27)36-28)24-14-16-31(33(20-24)41-3)42-21-22-9-5-4-6-10-22/h4-16,19-20,25,35-37H,17-18,21H2,1-3H3/t25-,35+/m0/s1. The zero-order valence-electron chi connectivity index (χ0n) is 24.0. The van der Waals surface area contributed by atoms with Gasteiger partial charge in [0.15, 0.2) is 28.8 Å². The van der Waals surface area contributed by atoms with Crippen LogP contribution in [0.3, 0.4) is 0 Å². The summed E-state index contributed by atoms with van der Waals surface area (Å²) < 4.78 is 22.8. The summed E-state index contributed by atoms with van der Waals surface area (Å²) in [5, 5.41) is 7.25. The molecule has 214 valence electrons. The minimum absolute atomic E-state index is 0.00207. The van der Waals surface area contributed by atoms with Gasteiger partial charge in [0.2, 0.25) is 0 Å². The lowest BCUT2D eigenvalue weighted by molar-refractivity contribution is -0.116. The highest BCUT2D eigenvalue weighted by molar-refractivity contribution is 6.01. The van der Waals surface area contributed by atoms with Crippen molar-refractivity contribution in [3.63, 3.8) is 0 Å². The van der Waals surface area contributed by atoms with Crippen LogP contribution >= 0.6 is 0 Å². The lowest BCUT2D eigenvalue weighted by atomic mass is 9.78. The Morgan fingerprint density at radius 1 is 0.690 bits per heavy atom. The Hall–Kier alpha value is -4.91. The molecule has 7 heteroatoms. The van der Waals surface area contributed by atoms with Crippen molar-refractivity contribution in [2.45, 2.75) is 31.4 Å². The molecule has 7 nitrogen and oxygen atoms in total. The first-order valence-corrected chi connectivity index (χ1v) is 14.0. The molecule has 0 unspecified atom stereocenters. The maximum Gasteiger partial charge on any atom is 0.163 e. The van der Waals surface area contributed by atoms with Crippen LogP contribution in [-0.4, -0.2) is 27.1 Å². The zero-order chi connectivity index (χ0) is 29.1. The minimum atomic E-state index is -0.368. The molecule has 4 aromatic carbocycles. The van der Waals surface area contributed by atoms with E-state index in [1.165, 1.54) is 0 Å². The summed E-state index contributed by atoms with van der Waals surface area (Å²) in [4.78, 5) is 14.0. The molecule has 1 heterocycles. The molecule has 2 atom stereocenters. The van der Waals surface area contributed by atoms with Crippen molar-refractivity contribution in [1.82, 2.24) is 0 Å². The Morgan fingerprint density at radius 3 is 2.10 bits per heavy atom. The molecule has 1 aliphatic carbocycles. The molecule has 4 aromatic rings. The number of Topliss-reactive ketones (excluding diaryl/α,β-unsaturated/α-hetero) is 1. The van der Waals surface area contributed by atoms with Crippen LogP contribution in [-0.2, 0) is 11.4 Å². The lowest BCUT2D eigenvalue weighted by Gasteiger charge is -2.30. The van der Waals surface area contributed by atoms with Gasteiger partial charge in [-0.05, 0) is 65.4 Å². The summed E-state index contributed by atoms with van der Waals surface area (Å²) in [6.45, 7) is 0.431. The van der Waals surface area contributed by atoms with Crippen LogP contribution in [0.5, 0.6) is 23.0 Å². The number of ketones is 1. The molecule has 1 aliphatic heterocycles. The van der Waals surface area contributed by atoms with Gasteiger partial charge in [-0.1, -0.05) is 54.6 Å². The van der Waals surface area contributed by atoms with Gasteiger partial charge in [0.05, 0.1) is 38.7 Å². The number of carbonyl (C=O) groups is 1. The minimum Gasteiger partial charge on any atom is -0.493 e. The predicted molar refractivity (Wildman–Crippen MR) is 164 cm³/mol. The number of anilines is 2. The largest absolute Gasteiger partial charge is 0.493 e. The second-order valence-electron chi connectivity index (χ2n) is 10.5. The molecule has 0 radical (unpaired) electrons. The normalized spacial score (nSPS) is 17.6. The Kier molecular flexibility index (Phi) is 7.73. The van der Waals surface area contributed by atoms with Crippen LogP contribution in [0.4, 0.5) is 11.4 Å². The Balaban J connectivity index is 1.36. The molecule has 0 fully saturated rings. The number of fused-ring (bicyclic) bond motifs is 1. The fourth-order valence-corrected chi connectivity index (χ4v) is 5.80. The molecule has 2 N–H and O–H groups in total. The van der Waals surface area contributed by atoms with E-state index >= 15 is 0 Å². The number of benzene rings is 4. The van der Waals surface area contributed by atoms with E-state index in [1.807, 2.05) is 91.0 Å². The summed E-state index contributed by atoms with van der Waals surface area (Å²) in [7, 11) is 4.88. The maximum atomic E-state index is 14.0. The van der Waals surface area contributed by atoms with Crippen molar-refractivity contribution in [3.8, 4) is 23.0 Å². The average molecular weight is 563 g/mol. The first-order valence-electron chi connectivity index (χ1n) is 14.0. The topological polar surface area (TPSA) is 78.1 Å². The van der Waals surface area contributed by atoms with E-state index < -0.39 is 0 Å². The fraction of sp³-hybridized carbons (Fsp3) is 0.229. The molecule has 2 aliphatic rings. The number of hydrogen-bond acceptors (Lipinski definition) is 7. The number of carbonyl (C=O) groups excluding carboxylic acids is 1. The summed E-state index contributed by atoms with van der Waals surface area (Å²) in [6, 6.07) is 29.5. The first-order chi connectivity index (χ1) is 20.6. The smallest absolute Gasteiger partial charge is 0.163 e. The Morgan fingerprint density at radius 2 is 1.33 bits per heavy atom. The summed E-state index contributed by atoms with van der Waals surface area (Å²) >= 11 is 0. The first kappa shape index (κ1) is 27.3. The van der Waals surface area contributed by atoms with Gasteiger partial charge in [0.1, 0.15) is 6.61 Å². The monoisotopic (exact) mass is 562 g/mol. The molecule has 0 spiro atoms. The fourth-order valence-electron chi connectivity index (χ4n) is 5.80. The number of methoxy groups -OCH3 is 3. The van der Waals surface area contributed by atoms with Gasteiger partial charge >= 0.3 is 0 Å². The SMILES string of the molecule is COc1ccc([C@@H]2CC(=O)C3=C(C2)Nc2ccccc2N[C@@H]3c2ccc(OCc3ccccc3)c(OC)c2)cc1OC. The quantitative estimate of drug-likeness (QED) is 0.234. The highest BCUT2D eigenvalue weighted by Gasteiger charge is 2.36. The summed E-state index contributed by atoms with van der Waals surface area (Å²) in [5.41, 5.74) is 6.54. The van der Waals surface area contributed by atoms with Gasteiger partial charge in [0.25, 0.3) is 0 Å². The second-order valence-corrected chi connectivity index (χ2v) is 10.5. The predicted octanol–water partition coefficient (Wildman–Crippen LogP) is 7.27. The molecule has 0 bridgehead atoms. The third-order valence-corrected chi connectivity index (χ3v) is 7.95. The third-order valence-electron chi connectivity index (χ3n) is 7.95. The lowest BCUT2D eigenvalue weighted by Crippen LogP contribution is -2.27. The molecule has 0 amide bonds. The van der Waals surface area contributed by atoms with Gasteiger partial charge in [0, 0.05) is 17.7 Å². The van der Waals surface area contributed by atoms with Crippen LogP contribution in [0.2, 0.25) is 0 Å². The summed E-state index contributed by atoms with van der Waals surface area (Å²) in [6.07, 6.45) is 1.07. The van der Waals surface area contributed by atoms with Crippen LogP contribution < -0.4 is 29.6 Å². The number of rotatable bonds is 8. The average Bonchev–Trinajstić information content (AvgIpc) is 3.21. The Labute approximate surface area is 246 Å². The van der Waals surface area contributed by atoms with Gasteiger partial charge in [-0.3, -0.25) is 4.79 Å². The Bertz CT molecular complexity index is 1630. The van der Waals surface area contributed by atoms with Crippen molar-refractivity contribution >= 4 is 17.2 Å². The third kappa shape index (κ3) is 5.38. The molecule has 6 rings (SSSR count). The van der Waals surface area contributed by atoms with Crippen molar-refractivity contribution in [2.24, 2.45) is 0 Å². The van der Waals surface area contributed by atoms with Crippen molar-refractivity contribution in [2.75, 3.05) is 32.0 Å². The maximum absolute atomic E-state index is 14.0. The molecule has 0 saturated carbocycles. The van der Waals surface area contributed by atoms with Crippen LogP contribution in [0.25, 0.3) is 0 Å². The van der Waals surface area contributed by atoms with E-state index in [-0.39, 0.29) is 17.7 Å². The molecule has 42 heavy (non-hydrogen) atoms. The van der Waals surface area contributed by atoms with Crippen molar-refractivity contribution < 1.29 is 23.7 Å². The van der Waals surface area contributed by atoms with E-state index in [0.717, 1.165) is 39.3 Å². The number of ether oxygens (including phenoxy) is 4. The van der Waals surface area contributed by atoms with Gasteiger partial charge in [-0.15, -0.1) is 0 Å². The van der Waals surface area contributed by atoms with Crippen LogP contribution in [0, 0.1) is 0 Å². The summed E-state index contributed by atoms with van der Waals surface area (Å²) in [5.74, 6) is 2.68. The van der Waals surface area contributed by atoms with E-state index in [1.54, 1.807) is 21.3 Å². The van der Waals surface area contributed by atoms with E-state index in [9.17, 15) is 4.79 Å². The number of nitrogens with one attached hydrogen (secondary N) is 2. The molecular weight excluding hydrogens is 528 g/mol. The van der Waals surface area contributed by atoms with E-state index in [4.69, 9.17) is 18.9 Å². The van der Waals surface area contributed by atoms with Crippen molar-refractivity contribution in [3.05, 3.63) is 119 Å². The molecular formula is C35H34N2O5. The highest BCUT2D eigenvalue weighted by atomic mass is 16.5. The van der Waals surface area contributed by atoms with E-state index in [0.29, 0.717) is 42.4 Å². The van der Waals surface area contributed by atoms with E-state index in [2.05, 4.69) is 10.6 Å². The van der Waals surface area contributed by atoms with Crippen LogP contribution in [0.1, 0.15) is 41.5 Å². The highest BCUT2D eigenvalue weighted by Crippen LogP contribution is 2.46. The zero-order valence-corrected chi connectivity index (χ0v) is 24.0. The second kappa shape index (κ2) is 11.9. The number of hydrogen-bond donors (Lipinski definition) is 2. The van der Waals surface area contributed by atoms with Crippen LogP contribution in [0.15, 0.2) is 102 Å². The van der Waals surface area contributed by atoms with Gasteiger partial charge in [-0.25, -0.2) is 0 Å².